The van der Waals surface area contributed by atoms with Crippen LogP contribution in [0.4, 0.5) is 5.82 Å². The van der Waals surface area contributed by atoms with Gasteiger partial charge in [0.1, 0.15) is 11.3 Å². The Morgan fingerprint density at radius 1 is 1.35 bits per heavy atom. The lowest BCUT2D eigenvalue weighted by Crippen LogP contribution is -2.24. The fraction of sp³-hybridized carbons (Fsp3) is 0.421. The number of nitrogens with zero attached hydrogens (tertiary/aromatic N) is 4. The maximum atomic E-state index is 4.72. The van der Waals surface area contributed by atoms with Gasteiger partial charge in [-0.2, -0.15) is 0 Å². The number of pyridine rings is 1. The molecule has 1 aliphatic heterocycles. The topological polar surface area (TPSA) is 69.7 Å². The minimum Gasteiger partial charge on any atom is -0.365 e. The molecule has 0 radical (unpaired) electrons. The van der Waals surface area contributed by atoms with Crippen LogP contribution in [-0.4, -0.2) is 49.1 Å². The van der Waals surface area contributed by atoms with Gasteiger partial charge in [0.25, 0.3) is 0 Å². The molecule has 1 saturated heterocycles. The van der Waals surface area contributed by atoms with Crippen molar-refractivity contribution < 1.29 is 0 Å². The van der Waals surface area contributed by atoms with Gasteiger partial charge in [-0.15, -0.1) is 0 Å². The predicted octanol–water partition coefficient (Wildman–Crippen LogP) is 3.81. The van der Waals surface area contributed by atoms with Crippen molar-refractivity contribution in [3.05, 3.63) is 36.8 Å². The van der Waals surface area contributed by atoms with Gasteiger partial charge in [-0.3, -0.25) is 0 Å². The Bertz CT molecular complexity index is 877. The van der Waals surface area contributed by atoms with Crippen molar-refractivity contribution in [1.82, 2.24) is 24.2 Å². The minimum atomic E-state index is 0.410. The summed E-state index contributed by atoms with van der Waals surface area (Å²) in [6.07, 6.45) is 6.62. The molecule has 7 heteroatoms. The highest BCUT2D eigenvalue weighted by atomic mass is 32.2. The van der Waals surface area contributed by atoms with Crippen molar-refractivity contribution in [2.45, 2.75) is 26.3 Å². The zero-order chi connectivity index (χ0) is 17.9. The van der Waals surface area contributed by atoms with Crippen molar-refractivity contribution in [2.75, 3.05) is 24.2 Å². The summed E-state index contributed by atoms with van der Waals surface area (Å²) >= 11 is 1.96. The molecule has 1 unspecified atom stereocenters. The largest absolute Gasteiger partial charge is 0.365 e. The summed E-state index contributed by atoms with van der Waals surface area (Å²) in [6, 6.07) is 6.35. The van der Waals surface area contributed by atoms with Crippen molar-refractivity contribution in [2.24, 2.45) is 5.92 Å². The molecule has 3 aromatic rings. The molecule has 0 saturated carbocycles. The van der Waals surface area contributed by atoms with E-state index in [0.29, 0.717) is 6.04 Å². The number of aromatic nitrogens is 4. The zero-order valence-electron chi connectivity index (χ0n) is 15.1. The van der Waals surface area contributed by atoms with E-state index in [1.807, 2.05) is 36.5 Å². The lowest BCUT2D eigenvalue weighted by atomic mass is 10.1. The van der Waals surface area contributed by atoms with E-state index in [4.69, 9.17) is 4.98 Å². The second-order valence-corrected chi connectivity index (χ2v) is 8.18. The molecule has 26 heavy (non-hydrogen) atoms. The van der Waals surface area contributed by atoms with Gasteiger partial charge in [-0.1, -0.05) is 25.8 Å². The molecule has 1 fully saturated rings. The number of nitrogens with one attached hydrogen (secondary N) is 2. The maximum Gasteiger partial charge on any atom is 0.156 e. The first-order valence-corrected chi connectivity index (χ1v) is 10.0. The molecule has 1 aliphatic rings. The molecular formula is C19H24N6S. The molecule has 136 valence electrons. The maximum absolute atomic E-state index is 4.72. The Labute approximate surface area is 158 Å². The lowest BCUT2D eigenvalue weighted by Gasteiger charge is -2.18. The summed E-state index contributed by atoms with van der Waals surface area (Å²) in [6.45, 7) is 6.69. The van der Waals surface area contributed by atoms with Crippen LogP contribution in [-0.2, 0) is 0 Å². The quantitative estimate of drug-likeness (QED) is 0.645. The summed E-state index contributed by atoms with van der Waals surface area (Å²) < 4.78 is 2.46. The van der Waals surface area contributed by atoms with Crippen LogP contribution in [0.3, 0.4) is 0 Å². The Morgan fingerprint density at radius 3 is 3.15 bits per heavy atom. The Hall–Kier alpha value is -2.12. The van der Waals surface area contributed by atoms with Gasteiger partial charge in [0.05, 0.1) is 11.9 Å². The van der Waals surface area contributed by atoms with Gasteiger partial charge in [-0.05, 0) is 30.5 Å². The second kappa shape index (κ2) is 7.63. The molecule has 4 rings (SSSR count). The van der Waals surface area contributed by atoms with Gasteiger partial charge in [-0.25, -0.2) is 19.3 Å². The highest BCUT2D eigenvalue weighted by Gasteiger charge is 2.24. The first kappa shape index (κ1) is 17.3. The van der Waals surface area contributed by atoms with E-state index >= 15 is 0 Å². The number of rotatable bonds is 6. The van der Waals surface area contributed by atoms with Crippen molar-refractivity contribution in [1.29, 1.82) is 0 Å². The standard InChI is InChI=1S/C19H24N6S/c1-13(2)12-26-25-9-6-14(11-25)23-18-15(4-3-7-20-18)17-10-22-19-16(24-17)5-8-21-19/h3-5,7-8,10,13-14H,6,9,11-12H2,1-2H3,(H,20,23)(H,21,22). The number of hydrogen-bond acceptors (Lipinski definition) is 6. The summed E-state index contributed by atoms with van der Waals surface area (Å²) in [5.41, 5.74) is 3.52. The second-order valence-electron chi connectivity index (χ2n) is 7.07. The van der Waals surface area contributed by atoms with Crippen molar-refractivity contribution >= 4 is 28.9 Å². The van der Waals surface area contributed by atoms with E-state index in [9.17, 15) is 0 Å². The van der Waals surface area contributed by atoms with Crippen LogP contribution in [0.2, 0.25) is 0 Å². The van der Waals surface area contributed by atoms with Crippen LogP contribution in [0.25, 0.3) is 22.4 Å². The van der Waals surface area contributed by atoms with Gasteiger partial charge in [0.2, 0.25) is 0 Å². The summed E-state index contributed by atoms with van der Waals surface area (Å²) in [7, 11) is 0. The van der Waals surface area contributed by atoms with Gasteiger partial charge in [0, 0.05) is 42.8 Å². The number of anilines is 1. The third-order valence-electron chi connectivity index (χ3n) is 4.43. The van der Waals surface area contributed by atoms with Crippen LogP contribution in [0, 0.1) is 5.92 Å². The molecule has 0 aromatic carbocycles. The van der Waals surface area contributed by atoms with Crippen LogP contribution < -0.4 is 5.32 Å². The van der Waals surface area contributed by atoms with Crippen molar-refractivity contribution in [3.8, 4) is 11.3 Å². The average Bonchev–Trinajstić information content (AvgIpc) is 3.29. The number of aromatic amines is 1. The van der Waals surface area contributed by atoms with Gasteiger partial charge in [0.15, 0.2) is 5.65 Å². The van der Waals surface area contributed by atoms with Gasteiger partial charge >= 0.3 is 0 Å². The monoisotopic (exact) mass is 368 g/mol. The summed E-state index contributed by atoms with van der Waals surface area (Å²) in [5, 5.41) is 3.63. The van der Waals surface area contributed by atoms with Crippen LogP contribution in [0.15, 0.2) is 36.8 Å². The SMILES string of the molecule is CC(C)CSN1CCC(Nc2ncccc2-c2cnc3[nH]ccc3n2)C1. The molecule has 3 aromatic heterocycles. The molecule has 2 N–H and O–H groups in total. The Kier molecular flexibility index (Phi) is 5.08. The van der Waals surface area contributed by atoms with Crippen LogP contribution >= 0.6 is 11.9 Å². The van der Waals surface area contributed by atoms with E-state index in [-0.39, 0.29) is 0 Å². The first-order valence-electron chi connectivity index (χ1n) is 9.09. The number of fused-ring (bicyclic) bond motifs is 1. The third-order valence-corrected chi connectivity index (χ3v) is 5.94. The highest BCUT2D eigenvalue weighted by molar-refractivity contribution is 7.97. The van der Waals surface area contributed by atoms with Crippen molar-refractivity contribution in [3.63, 3.8) is 0 Å². The zero-order valence-corrected chi connectivity index (χ0v) is 16.0. The fourth-order valence-electron chi connectivity index (χ4n) is 3.10. The van der Waals surface area contributed by atoms with Gasteiger partial charge < -0.3 is 10.3 Å². The van der Waals surface area contributed by atoms with E-state index in [2.05, 4.69) is 44.5 Å². The average molecular weight is 369 g/mol. The predicted molar refractivity (Wildman–Crippen MR) is 108 cm³/mol. The molecule has 1 atom stereocenters. The minimum absolute atomic E-state index is 0.410. The van der Waals surface area contributed by atoms with Crippen LogP contribution in [0.5, 0.6) is 0 Å². The smallest absolute Gasteiger partial charge is 0.156 e. The highest BCUT2D eigenvalue weighted by Crippen LogP contribution is 2.28. The molecule has 0 aliphatic carbocycles. The molecule has 0 spiro atoms. The normalized spacial score (nSPS) is 18.0. The fourth-order valence-corrected chi connectivity index (χ4v) is 4.13. The Morgan fingerprint density at radius 2 is 2.27 bits per heavy atom. The van der Waals surface area contributed by atoms with Crippen LogP contribution in [0.1, 0.15) is 20.3 Å². The molecule has 0 bridgehead atoms. The number of hydrogen-bond donors (Lipinski definition) is 2. The summed E-state index contributed by atoms with van der Waals surface area (Å²) in [4.78, 5) is 16.8. The Balaban J connectivity index is 1.49. The van der Waals surface area contributed by atoms with E-state index in [1.54, 1.807) is 6.20 Å². The number of H-pyrrole nitrogens is 1. The molecule has 6 nitrogen and oxygen atoms in total. The van der Waals surface area contributed by atoms with E-state index in [0.717, 1.165) is 53.7 Å². The first-order chi connectivity index (χ1) is 12.7. The molecular weight excluding hydrogens is 344 g/mol. The molecule has 4 heterocycles. The summed E-state index contributed by atoms with van der Waals surface area (Å²) in [5.74, 6) is 2.78. The molecule has 0 amide bonds. The lowest BCUT2D eigenvalue weighted by molar-refractivity contribution is 0.573. The third kappa shape index (κ3) is 3.83. The van der Waals surface area contributed by atoms with E-state index in [1.165, 1.54) is 5.75 Å². The van der Waals surface area contributed by atoms with E-state index < -0.39 is 0 Å².